The number of nitrogens with two attached hydrogens (primary N) is 1. The molecule has 0 spiro atoms. The van der Waals surface area contributed by atoms with Crippen LogP contribution in [-0.2, 0) is 4.74 Å². The molecule has 0 radical (unpaired) electrons. The van der Waals surface area contributed by atoms with Crippen LogP contribution in [0.15, 0.2) is 12.1 Å². The molecule has 0 aromatic heterocycles. The van der Waals surface area contributed by atoms with Crippen molar-refractivity contribution in [1.82, 2.24) is 0 Å². The second-order valence-electron chi connectivity index (χ2n) is 2.99. The minimum Gasteiger partial charge on any atom is -0.489 e. The Labute approximate surface area is 97.7 Å². The molecule has 1 aromatic rings. The molecule has 0 aliphatic rings. The predicted molar refractivity (Wildman–Crippen MR) is 60.2 cm³/mol. The van der Waals surface area contributed by atoms with Gasteiger partial charge in [0, 0.05) is 7.11 Å². The molecule has 0 saturated heterocycles. The van der Waals surface area contributed by atoms with Crippen LogP contribution in [0.5, 0.6) is 5.75 Å². The van der Waals surface area contributed by atoms with Crippen molar-refractivity contribution in [2.45, 2.75) is 0 Å². The molecule has 0 aliphatic carbocycles. The molecule has 3 N–H and O–H groups in total. The summed E-state index contributed by atoms with van der Waals surface area (Å²) in [5.41, 5.74) is 5.82. The molecule has 0 aliphatic heterocycles. The lowest BCUT2D eigenvalue weighted by Crippen LogP contribution is -2.09. The smallest absolute Gasteiger partial charge is 0.339 e. The first-order valence-electron chi connectivity index (χ1n) is 4.51. The second-order valence-corrected chi connectivity index (χ2v) is 3.37. The average Bonchev–Trinajstić information content (AvgIpc) is 2.24. The highest BCUT2D eigenvalue weighted by Crippen LogP contribution is 2.33. The standard InChI is InChI=1S/C10H12ClNO4/c1-15-4-5-16-9-6(10(13)14)2-3-7(12)8(9)11/h2-3H,4-5,12H2,1H3,(H,13,14). The van der Waals surface area contributed by atoms with Crippen LogP contribution >= 0.6 is 11.6 Å². The summed E-state index contributed by atoms with van der Waals surface area (Å²) in [5, 5.41) is 9.03. The third-order valence-electron chi connectivity index (χ3n) is 1.89. The molecule has 1 aromatic carbocycles. The highest BCUT2D eigenvalue weighted by Gasteiger charge is 2.16. The molecular weight excluding hydrogens is 234 g/mol. The van der Waals surface area contributed by atoms with Crippen LogP contribution in [0.2, 0.25) is 5.02 Å². The van der Waals surface area contributed by atoms with Crippen molar-refractivity contribution in [3.05, 3.63) is 22.7 Å². The van der Waals surface area contributed by atoms with Gasteiger partial charge < -0.3 is 20.3 Å². The minimum absolute atomic E-state index is 0.0182. The Balaban J connectivity index is 3.01. The van der Waals surface area contributed by atoms with Crippen molar-refractivity contribution in [2.75, 3.05) is 26.1 Å². The van der Waals surface area contributed by atoms with E-state index in [0.717, 1.165) is 0 Å². The molecule has 1 rings (SSSR count). The Morgan fingerprint density at radius 1 is 1.50 bits per heavy atom. The van der Waals surface area contributed by atoms with Gasteiger partial charge in [-0.1, -0.05) is 11.6 Å². The SMILES string of the molecule is COCCOc1c(C(=O)O)ccc(N)c1Cl. The number of methoxy groups -OCH3 is 1. The first-order chi connectivity index (χ1) is 7.57. The van der Waals surface area contributed by atoms with Crippen molar-refractivity contribution >= 4 is 23.3 Å². The number of hydrogen-bond acceptors (Lipinski definition) is 4. The number of hydrogen-bond donors (Lipinski definition) is 2. The molecule has 88 valence electrons. The molecule has 16 heavy (non-hydrogen) atoms. The molecule has 0 unspecified atom stereocenters. The van der Waals surface area contributed by atoms with Gasteiger partial charge in [-0.2, -0.15) is 0 Å². The normalized spacial score (nSPS) is 10.1. The molecule has 0 bridgehead atoms. The number of benzene rings is 1. The lowest BCUT2D eigenvalue weighted by molar-refractivity contribution is 0.0689. The van der Waals surface area contributed by atoms with E-state index in [-0.39, 0.29) is 28.6 Å². The van der Waals surface area contributed by atoms with Gasteiger partial charge >= 0.3 is 5.97 Å². The number of carboxylic acid groups (broad SMARTS) is 1. The molecule has 5 nitrogen and oxygen atoms in total. The number of carbonyl (C=O) groups is 1. The number of aromatic carboxylic acids is 1. The van der Waals surface area contributed by atoms with Gasteiger partial charge in [-0.05, 0) is 12.1 Å². The first kappa shape index (κ1) is 12.6. The van der Waals surface area contributed by atoms with Gasteiger partial charge in [-0.25, -0.2) is 4.79 Å². The van der Waals surface area contributed by atoms with Gasteiger partial charge in [0.1, 0.15) is 17.2 Å². The predicted octanol–water partition coefficient (Wildman–Crippen LogP) is 1.65. The van der Waals surface area contributed by atoms with Crippen LogP contribution in [0, 0.1) is 0 Å². The molecule has 0 atom stereocenters. The number of halogens is 1. The van der Waals surface area contributed by atoms with Crippen LogP contribution in [-0.4, -0.2) is 31.4 Å². The highest BCUT2D eigenvalue weighted by atomic mass is 35.5. The zero-order chi connectivity index (χ0) is 12.1. The highest BCUT2D eigenvalue weighted by molar-refractivity contribution is 6.35. The average molecular weight is 246 g/mol. The van der Waals surface area contributed by atoms with E-state index in [1.807, 2.05) is 0 Å². The third kappa shape index (κ3) is 2.77. The summed E-state index contributed by atoms with van der Waals surface area (Å²) in [6, 6.07) is 2.78. The fourth-order valence-electron chi connectivity index (χ4n) is 1.11. The van der Waals surface area contributed by atoms with Crippen molar-refractivity contribution in [2.24, 2.45) is 0 Å². The number of carboxylic acids is 1. The number of ether oxygens (including phenoxy) is 2. The fourth-order valence-corrected chi connectivity index (χ4v) is 1.33. The molecule has 0 amide bonds. The van der Waals surface area contributed by atoms with E-state index in [2.05, 4.69) is 0 Å². The summed E-state index contributed by atoms with van der Waals surface area (Å²) in [4.78, 5) is 10.9. The van der Waals surface area contributed by atoms with E-state index >= 15 is 0 Å². The summed E-state index contributed by atoms with van der Waals surface area (Å²) in [6.45, 7) is 0.546. The lowest BCUT2D eigenvalue weighted by Gasteiger charge is -2.11. The van der Waals surface area contributed by atoms with Gasteiger partial charge in [0.05, 0.1) is 12.3 Å². The largest absolute Gasteiger partial charge is 0.489 e. The third-order valence-corrected chi connectivity index (χ3v) is 2.28. The van der Waals surface area contributed by atoms with Crippen LogP contribution in [0.25, 0.3) is 0 Å². The summed E-state index contributed by atoms with van der Waals surface area (Å²) in [5.74, 6) is -1.04. The van der Waals surface area contributed by atoms with E-state index in [1.165, 1.54) is 19.2 Å². The van der Waals surface area contributed by atoms with Crippen LogP contribution in [0.4, 0.5) is 5.69 Å². The topological polar surface area (TPSA) is 81.8 Å². The monoisotopic (exact) mass is 245 g/mol. The molecule has 6 heteroatoms. The van der Waals surface area contributed by atoms with Crippen molar-refractivity contribution in [1.29, 1.82) is 0 Å². The van der Waals surface area contributed by atoms with E-state index < -0.39 is 5.97 Å². The van der Waals surface area contributed by atoms with Crippen LogP contribution in [0.3, 0.4) is 0 Å². The van der Waals surface area contributed by atoms with Crippen molar-refractivity contribution in [3.8, 4) is 5.75 Å². The summed E-state index contributed by atoms with van der Waals surface area (Å²) >= 11 is 5.87. The van der Waals surface area contributed by atoms with Gasteiger partial charge in [0.15, 0.2) is 5.75 Å². The van der Waals surface area contributed by atoms with E-state index in [4.69, 9.17) is 31.9 Å². The zero-order valence-corrected chi connectivity index (χ0v) is 9.45. The Kier molecular flexibility index (Phi) is 4.39. The quantitative estimate of drug-likeness (QED) is 0.609. The maximum absolute atomic E-state index is 10.9. The minimum atomic E-state index is -1.12. The van der Waals surface area contributed by atoms with E-state index in [9.17, 15) is 4.79 Å². The maximum atomic E-state index is 10.9. The summed E-state index contributed by atoms with van der Waals surface area (Å²) in [7, 11) is 1.52. The van der Waals surface area contributed by atoms with Gasteiger partial charge in [0.2, 0.25) is 0 Å². The number of anilines is 1. The Hall–Kier alpha value is -1.46. The van der Waals surface area contributed by atoms with Gasteiger partial charge in [0.25, 0.3) is 0 Å². The first-order valence-corrected chi connectivity index (χ1v) is 4.88. The van der Waals surface area contributed by atoms with Crippen LogP contribution in [0.1, 0.15) is 10.4 Å². The molecule has 0 heterocycles. The van der Waals surface area contributed by atoms with Crippen molar-refractivity contribution in [3.63, 3.8) is 0 Å². The number of rotatable bonds is 5. The van der Waals surface area contributed by atoms with E-state index in [1.54, 1.807) is 0 Å². The number of nitrogen functional groups attached to an aromatic ring is 1. The Morgan fingerprint density at radius 3 is 2.75 bits per heavy atom. The Bertz CT molecular complexity index is 395. The molecular formula is C10H12ClNO4. The maximum Gasteiger partial charge on any atom is 0.339 e. The van der Waals surface area contributed by atoms with Gasteiger partial charge in [-0.15, -0.1) is 0 Å². The Morgan fingerprint density at radius 2 is 2.19 bits per heavy atom. The molecule has 0 fully saturated rings. The summed E-state index contributed by atoms with van der Waals surface area (Å²) in [6.07, 6.45) is 0. The second kappa shape index (κ2) is 5.58. The lowest BCUT2D eigenvalue weighted by atomic mass is 10.2. The van der Waals surface area contributed by atoms with Crippen LogP contribution < -0.4 is 10.5 Å². The molecule has 0 saturated carbocycles. The zero-order valence-electron chi connectivity index (χ0n) is 8.70. The fraction of sp³-hybridized carbons (Fsp3) is 0.300. The van der Waals surface area contributed by atoms with Gasteiger partial charge in [-0.3, -0.25) is 0 Å². The van der Waals surface area contributed by atoms with Crippen molar-refractivity contribution < 1.29 is 19.4 Å². The summed E-state index contributed by atoms with van der Waals surface area (Å²) < 4.78 is 10.0. The van der Waals surface area contributed by atoms with E-state index in [0.29, 0.717) is 6.61 Å².